The van der Waals surface area contributed by atoms with Gasteiger partial charge in [-0.1, -0.05) is 38.5 Å². The van der Waals surface area contributed by atoms with Crippen LogP contribution in [0.2, 0.25) is 0 Å². The Morgan fingerprint density at radius 3 is 2.38 bits per heavy atom. The molecule has 1 saturated heterocycles. The minimum absolute atomic E-state index is 0. The van der Waals surface area contributed by atoms with Gasteiger partial charge in [0.25, 0.3) is 0 Å². The maximum atomic E-state index is 12.8. The zero-order valence-corrected chi connectivity index (χ0v) is 15.9. The van der Waals surface area contributed by atoms with Crippen molar-refractivity contribution in [3.63, 3.8) is 0 Å². The van der Waals surface area contributed by atoms with Crippen LogP contribution in [0.4, 0.5) is 13.2 Å². The molecule has 0 bridgehead atoms. The third kappa shape index (κ3) is 5.86. The van der Waals surface area contributed by atoms with Crippen molar-refractivity contribution in [2.45, 2.75) is 39.0 Å². The summed E-state index contributed by atoms with van der Waals surface area (Å²) in [6, 6.07) is 4.92. The Hall–Kier alpha value is -1.31. The van der Waals surface area contributed by atoms with Gasteiger partial charge in [-0.05, 0) is 17.5 Å². The zero-order chi connectivity index (χ0) is 18.6. The quantitative estimate of drug-likeness (QED) is 0.836. The Bertz CT molecular complexity index is 589. The van der Waals surface area contributed by atoms with E-state index in [-0.39, 0.29) is 24.2 Å². The summed E-state index contributed by atoms with van der Waals surface area (Å²) in [5, 5.41) is 0. The zero-order valence-electron chi connectivity index (χ0n) is 15.1. The minimum atomic E-state index is -4.33. The number of amides is 1. The van der Waals surface area contributed by atoms with Crippen LogP contribution in [0.1, 0.15) is 31.4 Å². The molecule has 0 aliphatic carbocycles. The number of nitrogens with two attached hydrogens (primary N) is 1. The van der Waals surface area contributed by atoms with Gasteiger partial charge in [0.1, 0.15) is 0 Å². The van der Waals surface area contributed by atoms with Crippen LogP contribution >= 0.6 is 12.4 Å². The van der Waals surface area contributed by atoms with E-state index in [1.165, 1.54) is 12.1 Å². The maximum Gasteiger partial charge on any atom is 0.416 e. The molecule has 26 heavy (non-hydrogen) atoms. The molecule has 2 atom stereocenters. The molecule has 1 aromatic rings. The van der Waals surface area contributed by atoms with Crippen LogP contribution in [-0.4, -0.2) is 47.9 Å². The summed E-state index contributed by atoms with van der Waals surface area (Å²) in [6.07, 6.45) is -3.48. The summed E-state index contributed by atoms with van der Waals surface area (Å²) in [5.41, 5.74) is 6.01. The average molecular weight is 394 g/mol. The molecule has 0 saturated carbocycles. The molecule has 8 heteroatoms. The molecule has 0 radical (unpaired) electrons. The van der Waals surface area contributed by atoms with Crippen molar-refractivity contribution in [3.05, 3.63) is 35.4 Å². The van der Waals surface area contributed by atoms with E-state index in [4.69, 9.17) is 5.73 Å². The molecule has 1 aromatic carbocycles. The first-order valence-electron chi connectivity index (χ1n) is 8.65. The Kier molecular flexibility index (Phi) is 8.37. The lowest BCUT2D eigenvalue weighted by Crippen LogP contribution is -2.54. The molecule has 1 heterocycles. The highest BCUT2D eigenvalue weighted by atomic mass is 35.5. The number of hydrogen-bond acceptors (Lipinski definition) is 3. The fraction of sp³-hybridized carbons (Fsp3) is 0.611. The van der Waals surface area contributed by atoms with Crippen LogP contribution in [0.15, 0.2) is 24.3 Å². The van der Waals surface area contributed by atoms with Crippen molar-refractivity contribution in [2.75, 3.05) is 26.2 Å². The monoisotopic (exact) mass is 393 g/mol. The number of nitrogens with zero attached hydrogens (tertiary/aromatic N) is 2. The molecule has 4 nitrogen and oxygen atoms in total. The molecule has 1 amide bonds. The van der Waals surface area contributed by atoms with Crippen molar-refractivity contribution in [1.29, 1.82) is 0 Å². The summed E-state index contributed by atoms with van der Waals surface area (Å²) >= 11 is 0. The normalized spacial score (nSPS) is 18.2. The number of alkyl halides is 3. The minimum Gasteiger partial charge on any atom is -0.339 e. The van der Waals surface area contributed by atoms with Crippen LogP contribution in [0.3, 0.4) is 0 Å². The molecule has 0 spiro atoms. The molecule has 2 rings (SSSR count). The predicted molar refractivity (Wildman–Crippen MR) is 98.0 cm³/mol. The summed E-state index contributed by atoms with van der Waals surface area (Å²) in [5.74, 6) is 0.101. The van der Waals surface area contributed by atoms with Crippen LogP contribution in [0, 0.1) is 5.92 Å². The first kappa shape index (κ1) is 22.7. The van der Waals surface area contributed by atoms with Gasteiger partial charge in [-0.25, -0.2) is 0 Å². The summed E-state index contributed by atoms with van der Waals surface area (Å²) in [4.78, 5) is 16.2. The summed E-state index contributed by atoms with van der Waals surface area (Å²) in [7, 11) is 0. The summed E-state index contributed by atoms with van der Waals surface area (Å²) in [6.45, 7) is 6.80. The Morgan fingerprint density at radius 2 is 1.85 bits per heavy atom. The number of benzene rings is 1. The fourth-order valence-corrected chi connectivity index (χ4v) is 2.94. The smallest absolute Gasteiger partial charge is 0.339 e. The molecule has 2 N–H and O–H groups in total. The lowest BCUT2D eigenvalue weighted by atomic mass is 9.98. The van der Waals surface area contributed by atoms with E-state index >= 15 is 0 Å². The molecule has 148 valence electrons. The van der Waals surface area contributed by atoms with Crippen LogP contribution in [0.25, 0.3) is 0 Å². The van der Waals surface area contributed by atoms with Crippen molar-refractivity contribution < 1.29 is 18.0 Å². The van der Waals surface area contributed by atoms with Gasteiger partial charge in [-0.15, -0.1) is 12.4 Å². The molecular weight excluding hydrogens is 367 g/mol. The molecule has 1 aliphatic rings. The Morgan fingerprint density at radius 1 is 1.23 bits per heavy atom. The highest BCUT2D eigenvalue weighted by Gasteiger charge is 2.31. The molecule has 1 aliphatic heterocycles. The van der Waals surface area contributed by atoms with Crippen molar-refractivity contribution in [2.24, 2.45) is 11.7 Å². The molecule has 0 aromatic heterocycles. The largest absolute Gasteiger partial charge is 0.416 e. The first-order chi connectivity index (χ1) is 11.7. The van der Waals surface area contributed by atoms with Gasteiger partial charge >= 0.3 is 6.18 Å². The Labute approximate surface area is 158 Å². The van der Waals surface area contributed by atoms with Crippen LogP contribution < -0.4 is 5.73 Å². The third-order valence-electron chi connectivity index (χ3n) is 4.89. The van der Waals surface area contributed by atoms with E-state index in [1.54, 1.807) is 11.0 Å². The van der Waals surface area contributed by atoms with E-state index in [1.807, 2.05) is 13.8 Å². The average Bonchev–Trinajstić information content (AvgIpc) is 2.60. The number of carbonyl (C=O) groups is 1. The first-order valence-corrected chi connectivity index (χ1v) is 8.65. The van der Waals surface area contributed by atoms with Crippen molar-refractivity contribution >= 4 is 18.3 Å². The van der Waals surface area contributed by atoms with E-state index in [0.29, 0.717) is 38.3 Å². The number of halogens is 4. The predicted octanol–water partition coefficient (Wildman–Crippen LogP) is 3.14. The molecule has 1 fully saturated rings. The van der Waals surface area contributed by atoms with E-state index < -0.39 is 17.8 Å². The number of piperazine rings is 1. The Balaban J connectivity index is 0.00000338. The summed E-state index contributed by atoms with van der Waals surface area (Å²) < 4.78 is 38.4. The van der Waals surface area contributed by atoms with Crippen LogP contribution in [0.5, 0.6) is 0 Å². The second kappa shape index (κ2) is 9.58. The van der Waals surface area contributed by atoms with Gasteiger partial charge in [0.15, 0.2) is 0 Å². The van der Waals surface area contributed by atoms with Crippen molar-refractivity contribution in [1.82, 2.24) is 9.80 Å². The topological polar surface area (TPSA) is 49.6 Å². The van der Waals surface area contributed by atoms with E-state index in [2.05, 4.69) is 4.90 Å². The number of carbonyl (C=O) groups excluding carboxylic acids is 1. The van der Waals surface area contributed by atoms with Gasteiger partial charge in [0.2, 0.25) is 5.91 Å². The second-order valence-corrected chi connectivity index (χ2v) is 6.71. The molecular formula is C18H27ClF3N3O. The fourth-order valence-electron chi connectivity index (χ4n) is 2.94. The molecule has 2 unspecified atom stereocenters. The standard InChI is InChI=1S/C18H26F3N3O.ClH/c1-3-13(2)16(22)17(25)24-9-7-23(8-10-24)12-14-5-4-6-15(11-14)18(19,20)21;/h4-6,11,13,16H,3,7-10,12,22H2,1-2H3;1H. The van der Waals surface area contributed by atoms with Gasteiger partial charge in [-0.3, -0.25) is 9.69 Å². The van der Waals surface area contributed by atoms with Gasteiger partial charge in [-0.2, -0.15) is 13.2 Å². The highest BCUT2D eigenvalue weighted by molar-refractivity contribution is 5.85. The van der Waals surface area contributed by atoms with Gasteiger partial charge in [0.05, 0.1) is 11.6 Å². The number of rotatable bonds is 5. The van der Waals surface area contributed by atoms with E-state index in [0.717, 1.165) is 12.5 Å². The third-order valence-corrected chi connectivity index (χ3v) is 4.89. The highest BCUT2D eigenvalue weighted by Crippen LogP contribution is 2.29. The van der Waals surface area contributed by atoms with Crippen LogP contribution in [-0.2, 0) is 17.5 Å². The van der Waals surface area contributed by atoms with E-state index in [9.17, 15) is 18.0 Å². The number of hydrogen-bond donors (Lipinski definition) is 1. The maximum absolute atomic E-state index is 12.8. The second-order valence-electron chi connectivity index (χ2n) is 6.71. The van der Waals surface area contributed by atoms with Gasteiger partial charge < -0.3 is 10.6 Å². The van der Waals surface area contributed by atoms with Crippen molar-refractivity contribution in [3.8, 4) is 0 Å². The lowest BCUT2D eigenvalue weighted by molar-refractivity contribution is -0.138. The van der Waals surface area contributed by atoms with Gasteiger partial charge in [0, 0.05) is 32.7 Å². The lowest BCUT2D eigenvalue weighted by Gasteiger charge is -2.36. The SMILES string of the molecule is CCC(C)C(N)C(=O)N1CCN(Cc2cccc(C(F)(F)F)c2)CC1.Cl.